The fourth-order valence-electron chi connectivity index (χ4n) is 4.65. The molecule has 0 radical (unpaired) electrons. The van der Waals surface area contributed by atoms with E-state index in [0.29, 0.717) is 18.3 Å². The van der Waals surface area contributed by atoms with E-state index in [1.165, 1.54) is 11.1 Å². The maximum absolute atomic E-state index is 6.53. The van der Waals surface area contributed by atoms with Crippen LogP contribution < -0.4 is 15.8 Å². The minimum absolute atomic E-state index is 0.0601. The van der Waals surface area contributed by atoms with Crippen LogP contribution in [0.25, 0.3) is 32.7 Å². The maximum Gasteiger partial charge on any atom is 0.162 e. The van der Waals surface area contributed by atoms with Crippen LogP contribution in [0, 0.1) is 6.92 Å². The molecule has 0 fully saturated rings. The van der Waals surface area contributed by atoms with Gasteiger partial charge in [0.1, 0.15) is 11.6 Å². The molecule has 0 saturated carbocycles. The van der Waals surface area contributed by atoms with E-state index in [9.17, 15) is 0 Å². The van der Waals surface area contributed by atoms with Crippen molar-refractivity contribution in [3.63, 3.8) is 0 Å². The van der Waals surface area contributed by atoms with Gasteiger partial charge in [-0.2, -0.15) is 0 Å². The van der Waals surface area contributed by atoms with Crippen LogP contribution in [0.4, 0.5) is 5.82 Å². The minimum Gasteiger partial charge on any atom is -0.496 e. The van der Waals surface area contributed by atoms with Crippen LogP contribution >= 0.6 is 11.3 Å². The summed E-state index contributed by atoms with van der Waals surface area (Å²) in [5.74, 6) is 2.68. The molecule has 0 aliphatic heterocycles. The Morgan fingerprint density at radius 2 is 1.76 bits per heavy atom. The number of thiophene rings is 1. The molecule has 38 heavy (non-hydrogen) atoms. The summed E-state index contributed by atoms with van der Waals surface area (Å²) in [5.41, 5.74) is 13.0. The lowest BCUT2D eigenvalue weighted by atomic mass is 9.96. The number of benzene rings is 2. The number of aromatic nitrogens is 3. The van der Waals surface area contributed by atoms with Gasteiger partial charge >= 0.3 is 0 Å². The second-order valence-electron chi connectivity index (χ2n) is 9.79. The fourth-order valence-corrected chi connectivity index (χ4v) is 5.73. The molecule has 3 N–H and O–H groups in total. The predicted octanol–water partition coefficient (Wildman–Crippen LogP) is 6.84. The Hall–Kier alpha value is -3.81. The number of pyridine rings is 1. The molecule has 2 aromatic carbocycles. The molecule has 0 amide bonds. The van der Waals surface area contributed by atoms with E-state index in [-0.39, 0.29) is 6.04 Å². The smallest absolute Gasteiger partial charge is 0.162 e. The van der Waals surface area contributed by atoms with E-state index in [2.05, 4.69) is 61.4 Å². The van der Waals surface area contributed by atoms with Crippen molar-refractivity contribution in [2.45, 2.75) is 39.2 Å². The number of rotatable bonds is 9. The number of hydrogen-bond acceptors (Lipinski definition) is 7. The molecule has 6 nitrogen and oxygen atoms in total. The van der Waals surface area contributed by atoms with Crippen molar-refractivity contribution in [3.05, 3.63) is 89.1 Å². The zero-order valence-corrected chi connectivity index (χ0v) is 23.0. The summed E-state index contributed by atoms with van der Waals surface area (Å²) >= 11 is 1.70. The summed E-state index contributed by atoms with van der Waals surface area (Å²) in [6.07, 6.45) is 4.31. The number of methoxy groups -OCH3 is 1. The molecule has 194 valence electrons. The highest BCUT2D eigenvalue weighted by Crippen LogP contribution is 2.44. The highest BCUT2D eigenvalue weighted by molar-refractivity contribution is 7.20. The lowest BCUT2D eigenvalue weighted by molar-refractivity contribution is 0.416. The van der Waals surface area contributed by atoms with Crippen LogP contribution in [0.1, 0.15) is 35.8 Å². The van der Waals surface area contributed by atoms with E-state index in [1.54, 1.807) is 30.8 Å². The summed E-state index contributed by atoms with van der Waals surface area (Å²) in [6.45, 7) is 7.14. The number of ether oxygens (including phenoxy) is 1. The van der Waals surface area contributed by atoms with Gasteiger partial charge in [0.15, 0.2) is 5.82 Å². The molecule has 7 heteroatoms. The van der Waals surface area contributed by atoms with E-state index in [4.69, 9.17) is 20.4 Å². The van der Waals surface area contributed by atoms with Crippen molar-refractivity contribution in [3.8, 4) is 28.3 Å². The van der Waals surface area contributed by atoms with Crippen molar-refractivity contribution in [1.82, 2.24) is 15.0 Å². The topological polar surface area (TPSA) is 86.0 Å². The second-order valence-corrected chi connectivity index (χ2v) is 11.0. The number of nitrogens with zero attached hydrogens (tertiary/aromatic N) is 3. The standard InChI is InChI=1S/C31H33N5OS/c1-19(2)23-10-11-26(37-4)25(17-23)27-20(3)38-29-28(27)35-30(22-12-14-33-15-13-22)36-31(29)34-18-24(32)16-21-8-6-5-7-9-21/h5-15,17,19,24H,16,18,32H2,1-4H3,(H,34,35,36)/t24-/m0/s1. The van der Waals surface area contributed by atoms with Gasteiger partial charge in [-0.3, -0.25) is 4.98 Å². The number of nitrogens with one attached hydrogen (secondary N) is 1. The van der Waals surface area contributed by atoms with Gasteiger partial charge in [-0.25, -0.2) is 9.97 Å². The second kappa shape index (κ2) is 11.3. The third-order valence-corrected chi connectivity index (χ3v) is 7.78. The summed E-state index contributed by atoms with van der Waals surface area (Å²) in [7, 11) is 1.72. The van der Waals surface area contributed by atoms with Gasteiger partial charge in [-0.05, 0) is 54.7 Å². The first kappa shape index (κ1) is 25.8. The normalized spacial score (nSPS) is 12.2. The Bertz CT molecular complexity index is 1530. The molecule has 0 saturated heterocycles. The van der Waals surface area contributed by atoms with Gasteiger partial charge in [-0.15, -0.1) is 11.3 Å². The Morgan fingerprint density at radius 3 is 2.47 bits per heavy atom. The number of hydrogen-bond donors (Lipinski definition) is 2. The monoisotopic (exact) mass is 523 g/mol. The highest BCUT2D eigenvalue weighted by Gasteiger charge is 2.22. The summed E-state index contributed by atoms with van der Waals surface area (Å²) in [4.78, 5) is 15.4. The molecule has 0 unspecified atom stereocenters. The molecule has 5 rings (SSSR count). The zero-order chi connectivity index (χ0) is 26.6. The summed E-state index contributed by atoms with van der Waals surface area (Å²) < 4.78 is 6.82. The minimum atomic E-state index is -0.0601. The first-order valence-corrected chi connectivity index (χ1v) is 13.7. The lowest BCUT2D eigenvalue weighted by Gasteiger charge is -2.15. The summed E-state index contributed by atoms with van der Waals surface area (Å²) in [5, 5.41) is 3.56. The molecule has 0 spiro atoms. The average Bonchev–Trinajstić information content (AvgIpc) is 3.27. The Kier molecular flexibility index (Phi) is 7.67. The Labute approximate surface area is 228 Å². The van der Waals surface area contributed by atoms with Crippen LogP contribution in [0.3, 0.4) is 0 Å². The van der Waals surface area contributed by atoms with Gasteiger partial charge in [0.2, 0.25) is 0 Å². The molecule has 0 aliphatic carbocycles. The van der Waals surface area contributed by atoms with Gasteiger partial charge in [0.05, 0.1) is 17.3 Å². The number of aryl methyl sites for hydroxylation is 1. The molecule has 3 heterocycles. The first-order valence-electron chi connectivity index (χ1n) is 12.9. The molecule has 0 bridgehead atoms. The van der Waals surface area contributed by atoms with Gasteiger partial charge in [-0.1, -0.05) is 50.2 Å². The third-order valence-electron chi connectivity index (χ3n) is 6.68. The molecular weight excluding hydrogens is 490 g/mol. The van der Waals surface area contributed by atoms with Gasteiger partial charge < -0.3 is 15.8 Å². The Balaban J connectivity index is 1.61. The lowest BCUT2D eigenvalue weighted by Crippen LogP contribution is -2.31. The quantitative estimate of drug-likeness (QED) is 0.220. The number of anilines is 1. The van der Waals surface area contributed by atoms with Crippen molar-refractivity contribution in [2.24, 2.45) is 5.73 Å². The van der Waals surface area contributed by atoms with E-state index < -0.39 is 0 Å². The van der Waals surface area contributed by atoms with Gasteiger partial charge in [0, 0.05) is 46.5 Å². The first-order chi connectivity index (χ1) is 18.4. The largest absolute Gasteiger partial charge is 0.496 e. The highest BCUT2D eigenvalue weighted by atomic mass is 32.1. The third kappa shape index (κ3) is 5.39. The molecule has 0 aliphatic rings. The number of fused-ring (bicyclic) bond motifs is 1. The van der Waals surface area contributed by atoms with E-state index in [1.807, 2.05) is 30.3 Å². The van der Waals surface area contributed by atoms with Crippen molar-refractivity contribution in [1.29, 1.82) is 0 Å². The molecule has 5 aromatic rings. The summed E-state index contributed by atoms with van der Waals surface area (Å²) in [6, 6.07) is 20.6. The zero-order valence-electron chi connectivity index (χ0n) is 22.2. The van der Waals surface area contributed by atoms with Crippen LogP contribution in [-0.4, -0.2) is 34.6 Å². The molecular formula is C31H33N5OS. The maximum atomic E-state index is 6.53. The predicted molar refractivity (Wildman–Crippen MR) is 158 cm³/mol. The fraction of sp³-hybridized carbons (Fsp3) is 0.258. The Morgan fingerprint density at radius 1 is 1.00 bits per heavy atom. The van der Waals surface area contributed by atoms with Crippen LogP contribution in [0.2, 0.25) is 0 Å². The van der Waals surface area contributed by atoms with Gasteiger partial charge in [0.25, 0.3) is 0 Å². The van der Waals surface area contributed by atoms with E-state index in [0.717, 1.165) is 49.8 Å². The average molecular weight is 524 g/mol. The van der Waals surface area contributed by atoms with Crippen LogP contribution in [0.5, 0.6) is 5.75 Å². The van der Waals surface area contributed by atoms with Crippen molar-refractivity contribution >= 4 is 27.4 Å². The number of nitrogens with two attached hydrogens (primary N) is 1. The van der Waals surface area contributed by atoms with Crippen molar-refractivity contribution < 1.29 is 4.74 Å². The molecule has 3 aromatic heterocycles. The van der Waals surface area contributed by atoms with E-state index >= 15 is 0 Å². The van der Waals surface area contributed by atoms with Crippen LogP contribution in [-0.2, 0) is 6.42 Å². The van der Waals surface area contributed by atoms with Crippen molar-refractivity contribution in [2.75, 3.05) is 19.0 Å². The van der Waals surface area contributed by atoms with Crippen LogP contribution in [0.15, 0.2) is 73.1 Å². The SMILES string of the molecule is COc1ccc(C(C)C)cc1-c1c(C)sc2c(NC[C@@H](N)Cc3ccccc3)nc(-c3ccncc3)nc12. The molecule has 1 atom stereocenters.